The van der Waals surface area contributed by atoms with Crippen LogP contribution in [0.15, 0.2) is 72.8 Å². The number of halogens is 2. The molecule has 0 aromatic heterocycles. The molecule has 3 aromatic rings. The Kier molecular flexibility index (Phi) is 10.7. The fourth-order valence-corrected chi connectivity index (χ4v) is 5.68. The van der Waals surface area contributed by atoms with Crippen molar-refractivity contribution < 1.29 is 24.6 Å². The quantitative estimate of drug-likeness (QED) is 0.192. The van der Waals surface area contributed by atoms with Crippen LogP contribution < -0.4 is 15.5 Å². The van der Waals surface area contributed by atoms with Gasteiger partial charge in [-0.2, -0.15) is 0 Å². The minimum Gasteiger partial charge on any atom is -0.479 e. The van der Waals surface area contributed by atoms with E-state index in [1.165, 1.54) is 5.57 Å². The molecule has 4 N–H and O–H groups in total. The second-order valence-electron chi connectivity index (χ2n) is 12.0. The van der Waals surface area contributed by atoms with Gasteiger partial charge in [0, 0.05) is 27.0 Å². The van der Waals surface area contributed by atoms with Crippen molar-refractivity contribution in [2.75, 3.05) is 16.8 Å². The number of amides is 3. The molecule has 0 bridgehead atoms. The Labute approximate surface area is 267 Å². The first-order valence-electron chi connectivity index (χ1n) is 14.4. The van der Waals surface area contributed by atoms with Crippen molar-refractivity contribution in [3.05, 3.63) is 99.5 Å². The van der Waals surface area contributed by atoms with E-state index in [2.05, 4.69) is 37.5 Å². The first kappa shape index (κ1) is 33.1. The Hall–Kier alpha value is -3.85. The lowest BCUT2D eigenvalue weighted by Crippen LogP contribution is -2.36. The first-order valence-corrected chi connectivity index (χ1v) is 15.2. The molecule has 1 aliphatic rings. The van der Waals surface area contributed by atoms with Crippen LogP contribution in [-0.2, 0) is 11.3 Å². The zero-order chi connectivity index (χ0) is 32.0. The number of urea groups is 1. The molecular weight excluding hydrogens is 601 g/mol. The molecule has 0 radical (unpaired) electrons. The minimum atomic E-state index is -1.69. The summed E-state index contributed by atoms with van der Waals surface area (Å²) < 4.78 is 0. The fourth-order valence-electron chi connectivity index (χ4n) is 5.16. The van der Waals surface area contributed by atoms with Crippen molar-refractivity contribution in [2.24, 2.45) is 11.3 Å². The highest BCUT2D eigenvalue weighted by molar-refractivity contribution is 6.35. The van der Waals surface area contributed by atoms with Crippen LogP contribution in [-0.4, -0.2) is 40.8 Å². The highest BCUT2D eigenvalue weighted by atomic mass is 35.5. The number of allylic oxidation sites excluding steroid dienone is 2. The number of rotatable bonds is 9. The largest absolute Gasteiger partial charge is 0.479 e. The standard InChI is InChI=1S/C34H37Cl2N3O5/c1-34(2,3)25-12-8-22(9-13-25)23-10-14-29(15-11-23)39(33(44)38-28-17-26(35)16-27(36)18-28)20-21-4-6-24(7-5-21)31(41)37-19-30(40)32(42)43/h4-8,10-11,14-18,25,30,40H,9,12-13,19-20H2,1-3H3,(H,37,41)(H,38,44)(H,42,43). The molecule has 44 heavy (non-hydrogen) atoms. The van der Waals surface area contributed by atoms with Crippen LogP contribution in [0.5, 0.6) is 0 Å². The molecule has 0 heterocycles. The third-order valence-corrected chi connectivity index (χ3v) is 8.28. The summed E-state index contributed by atoms with van der Waals surface area (Å²) in [5.74, 6) is -1.29. The lowest BCUT2D eigenvalue weighted by atomic mass is 9.72. The average Bonchev–Trinajstić information content (AvgIpc) is 2.98. The molecule has 10 heteroatoms. The second-order valence-corrected chi connectivity index (χ2v) is 12.9. The minimum absolute atomic E-state index is 0.190. The molecule has 8 nitrogen and oxygen atoms in total. The summed E-state index contributed by atoms with van der Waals surface area (Å²) in [6, 6.07) is 18.9. The van der Waals surface area contributed by atoms with E-state index in [1.807, 2.05) is 24.3 Å². The third kappa shape index (κ3) is 8.85. The molecule has 0 spiro atoms. The summed E-state index contributed by atoms with van der Waals surface area (Å²) in [6.45, 7) is 6.64. The molecular formula is C34H37Cl2N3O5. The van der Waals surface area contributed by atoms with Crippen LogP contribution >= 0.6 is 23.2 Å². The van der Waals surface area contributed by atoms with E-state index in [-0.39, 0.29) is 17.5 Å². The van der Waals surface area contributed by atoms with Gasteiger partial charge in [-0.3, -0.25) is 9.69 Å². The second kappa shape index (κ2) is 14.3. The SMILES string of the molecule is CC(C)(C)C1CC=C(c2ccc(N(Cc3ccc(C(=O)NCC(O)C(=O)O)cc3)C(=O)Nc3cc(Cl)cc(Cl)c3)cc2)CC1. The normalized spacial score (nSPS) is 15.6. The van der Waals surface area contributed by atoms with Crippen molar-refractivity contribution >= 4 is 58.1 Å². The molecule has 0 fully saturated rings. The van der Waals surface area contributed by atoms with E-state index in [4.69, 9.17) is 28.3 Å². The number of carboxylic acid groups (broad SMARTS) is 1. The zero-order valence-electron chi connectivity index (χ0n) is 24.9. The number of nitrogens with zero attached hydrogens (tertiary/aromatic N) is 1. The smallest absolute Gasteiger partial charge is 0.334 e. The summed E-state index contributed by atoms with van der Waals surface area (Å²) in [6.07, 6.45) is 3.84. The molecule has 3 aromatic carbocycles. The zero-order valence-corrected chi connectivity index (χ0v) is 26.5. The number of hydrogen-bond donors (Lipinski definition) is 4. The molecule has 232 valence electrons. The number of carbonyl (C=O) groups excluding carboxylic acids is 2. The number of benzene rings is 3. The molecule has 0 saturated heterocycles. The summed E-state index contributed by atoms with van der Waals surface area (Å²) in [5.41, 5.74) is 4.88. The van der Waals surface area contributed by atoms with Gasteiger partial charge in [-0.15, -0.1) is 0 Å². The van der Waals surface area contributed by atoms with E-state index < -0.39 is 30.6 Å². The van der Waals surface area contributed by atoms with Gasteiger partial charge in [0.2, 0.25) is 0 Å². The lowest BCUT2D eigenvalue weighted by molar-refractivity contribution is -0.146. The summed E-state index contributed by atoms with van der Waals surface area (Å²) in [5, 5.41) is 24.3. The molecule has 1 aliphatic carbocycles. The van der Waals surface area contributed by atoms with E-state index >= 15 is 0 Å². The van der Waals surface area contributed by atoms with Gasteiger partial charge >= 0.3 is 12.0 Å². The van der Waals surface area contributed by atoms with Crippen LogP contribution in [0.3, 0.4) is 0 Å². The number of nitrogens with one attached hydrogen (secondary N) is 2. The van der Waals surface area contributed by atoms with Gasteiger partial charge in [0.05, 0.1) is 13.1 Å². The van der Waals surface area contributed by atoms with E-state index in [1.54, 1.807) is 47.4 Å². The molecule has 3 amide bonds. The third-order valence-electron chi connectivity index (χ3n) is 7.84. The highest BCUT2D eigenvalue weighted by Crippen LogP contribution is 2.40. The number of anilines is 2. The van der Waals surface area contributed by atoms with Crippen molar-refractivity contribution in [2.45, 2.75) is 52.7 Å². The molecule has 4 rings (SSSR count). The maximum atomic E-state index is 13.6. The van der Waals surface area contributed by atoms with Crippen molar-refractivity contribution in [1.29, 1.82) is 0 Å². The van der Waals surface area contributed by atoms with Gasteiger partial charge in [-0.05, 0) is 89.8 Å². The Morgan fingerprint density at radius 3 is 2.16 bits per heavy atom. The Morgan fingerprint density at radius 2 is 1.61 bits per heavy atom. The Bertz CT molecular complexity index is 1510. The summed E-state index contributed by atoms with van der Waals surface area (Å²) >= 11 is 12.3. The van der Waals surface area contributed by atoms with Gasteiger partial charge in [0.25, 0.3) is 5.91 Å². The van der Waals surface area contributed by atoms with Gasteiger partial charge in [0.1, 0.15) is 0 Å². The molecule has 0 aliphatic heterocycles. The van der Waals surface area contributed by atoms with Crippen LogP contribution in [0.4, 0.5) is 16.2 Å². The summed E-state index contributed by atoms with van der Waals surface area (Å²) in [7, 11) is 0. The number of aliphatic hydroxyl groups is 1. The van der Waals surface area contributed by atoms with Gasteiger partial charge in [-0.25, -0.2) is 9.59 Å². The predicted octanol–water partition coefficient (Wildman–Crippen LogP) is 7.64. The topological polar surface area (TPSA) is 119 Å². The van der Waals surface area contributed by atoms with Crippen molar-refractivity contribution in [1.82, 2.24) is 5.32 Å². The maximum absolute atomic E-state index is 13.6. The first-order chi connectivity index (χ1) is 20.8. The average molecular weight is 639 g/mol. The number of aliphatic hydroxyl groups excluding tert-OH is 1. The van der Waals surface area contributed by atoms with Crippen LogP contribution in [0.2, 0.25) is 10.0 Å². The molecule has 0 saturated carbocycles. The number of aliphatic carboxylic acids is 1. The van der Waals surface area contributed by atoms with E-state index in [0.717, 1.165) is 30.4 Å². The maximum Gasteiger partial charge on any atom is 0.334 e. The Morgan fingerprint density at radius 1 is 0.977 bits per heavy atom. The monoisotopic (exact) mass is 637 g/mol. The van der Waals surface area contributed by atoms with Crippen LogP contribution in [0, 0.1) is 11.3 Å². The number of carbonyl (C=O) groups is 3. The highest BCUT2D eigenvalue weighted by Gasteiger charge is 2.26. The van der Waals surface area contributed by atoms with E-state index in [0.29, 0.717) is 27.3 Å². The van der Waals surface area contributed by atoms with Crippen molar-refractivity contribution in [3.8, 4) is 0 Å². The van der Waals surface area contributed by atoms with Crippen LogP contribution in [0.1, 0.15) is 61.5 Å². The van der Waals surface area contributed by atoms with Gasteiger partial charge < -0.3 is 20.8 Å². The number of carboxylic acids is 1. The molecule has 2 unspecified atom stereocenters. The van der Waals surface area contributed by atoms with Gasteiger partial charge in [-0.1, -0.05) is 74.3 Å². The predicted molar refractivity (Wildman–Crippen MR) is 175 cm³/mol. The fraction of sp³-hybridized carbons (Fsp3) is 0.324. The van der Waals surface area contributed by atoms with E-state index in [9.17, 15) is 19.5 Å². The van der Waals surface area contributed by atoms with Crippen molar-refractivity contribution in [3.63, 3.8) is 0 Å². The van der Waals surface area contributed by atoms with Crippen LogP contribution in [0.25, 0.3) is 5.57 Å². The lowest BCUT2D eigenvalue weighted by Gasteiger charge is -2.33. The molecule has 2 atom stereocenters. The Balaban J connectivity index is 1.54. The summed E-state index contributed by atoms with van der Waals surface area (Å²) in [4.78, 5) is 38.4. The number of hydrogen-bond acceptors (Lipinski definition) is 4. The van der Waals surface area contributed by atoms with Gasteiger partial charge in [0.15, 0.2) is 6.10 Å².